The molecule has 1 unspecified atom stereocenters. The summed E-state index contributed by atoms with van der Waals surface area (Å²) in [6, 6.07) is 30.4. The molecule has 5 rings (SSSR count). The molecular weight excluding hydrogens is 434 g/mol. The van der Waals surface area contributed by atoms with Crippen LogP contribution < -0.4 is 10.2 Å². The Morgan fingerprint density at radius 1 is 0.857 bits per heavy atom. The molecule has 0 saturated carbocycles. The first-order valence-corrected chi connectivity index (χ1v) is 11.9. The zero-order chi connectivity index (χ0) is 24.2. The fraction of sp³-hybridized carbons (Fsp3) is 0.207. The van der Waals surface area contributed by atoms with Crippen LogP contribution in [-0.2, 0) is 13.1 Å². The van der Waals surface area contributed by atoms with Crippen molar-refractivity contribution in [3.05, 3.63) is 108 Å². The summed E-state index contributed by atoms with van der Waals surface area (Å²) in [6.45, 7) is 1.22. The number of carbonyl (C=O) groups excluding carboxylic acids is 1. The molecular formula is C29H29N5O. The van der Waals surface area contributed by atoms with Gasteiger partial charge in [-0.2, -0.15) is 0 Å². The SMILES string of the molecule is CN(C)C1CC(=O)c2c(NCc3ccccc3)nc(-c3ccccc3)nc2N1Cc1ccccc1. The van der Waals surface area contributed by atoms with Crippen molar-refractivity contribution < 1.29 is 4.79 Å². The Labute approximate surface area is 206 Å². The molecule has 0 aliphatic carbocycles. The van der Waals surface area contributed by atoms with Gasteiger partial charge in [0.25, 0.3) is 0 Å². The van der Waals surface area contributed by atoms with Gasteiger partial charge in [-0.1, -0.05) is 91.0 Å². The van der Waals surface area contributed by atoms with E-state index < -0.39 is 0 Å². The fourth-order valence-corrected chi connectivity index (χ4v) is 4.48. The van der Waals surface area contributed by atoms with Crippen molar-refractivity contribution >= 4 is 17.4 Å². The number of rotatable bonds is 7. The molecule has 1 aliphatic rings. The van der Waals surface area contributed by atoms with Crippen molar-refractivity contribution in [3.63, 3.8) is 0 Å². The fourth-order valence-electron chi connectivity index (χ4n) is 4.48. The standard InChI is InChI=1S/C29H29N5O/c1-33(2)25-18-24(35)26-28(30-19-21-12-6-3-7-13-21)31-27(23-16-10-5-11-17-23)32-29(26)34(25)20-22-14-8-4-9-15-22/h3-17,25H,18-20H2,1-2H3,(H,30,31,32). The van der Waals surface area contributed by atoms with Crippen LogP contribution in [0.15, 0.2) is 91.0 Å². The van der Waals surface area contributed by atoms with Crippen LogP contribution >= 0.6 is 0 Å². The quantitative estimate of drug-likeness (QED) is 0.405. The highest BCUT2D eigenvalue weighted by Crippen LogP contribution is 2.37. The first kappa shape index (κ1) is 22.7. The van der Waals surface area contributed by atoms with E-state index >= 15 is 0 Å². The molecule has 1 atom stereocenters. The first-order chi connectivity index (χ1) is 17.1. The van der Waals surface area contributed by atoms with E-state index in [0.29, 0.717) is 42.5 Å². The lowest BCUT2D eigenvalue weighted by Gasteiger charge is -2.41. The Kier molecular flexibility index (Phi) is 6.55. The van der Waals surface area contributed by atoms with E-state index in [0.717, 1.165) is 11.1 Å². The third kappa shape index (κ3) is 4.93. The molecule has 0 amide bonds. The molecule has 2 heterocycles. The van der Waals surface area contributed by atoms with E-state index in [4.69, 9.17) is 9.97 Å². The van der Waals surface area contributed by atoms with Crippen LogP contribution in [0.5, 0.6) is 0 Å². The van der Waals surface area contributed by atoms with Gasteiger partial charge >= 0.3 is 0 Å². The maximum atomic E-state index is 13.5. The normalized spacial score (nSPS) is 15.2. The number of nitrogens with zero attached hydrogens (tertiary/aromatic N) is 4. The second-order valence-corrected chi connectivity index (χ2v) is 8.98. The maximum Gasteiger partial charge on any atom is 0.173 e. The molecule has 1 aliphatic heterocycles. The number of ketones is 1. The van der Waals surface area contributed by atoms with Gasteiger partial charge < -0.3 is 10.2 Å². The Morgan fingerprint density at radius 2 is 1.46 bits per heavy atom. The highest BCUT2D eigenvalue weighted by Gasteiger charge is 2.37. The van der Waals surface area contributed by atoms with Crippen LogP contribution in [0.4, 0.5) is 11.6 Å². The largest absolute Gasteiger partial charge is 0.365 e. The highest BCUT2D eigenvalue weighted by atomic mass is 16.1. The summed E-state index contributed by atoms with van der Waals surface area (Å²) < 4.78 is 0. The summed E-state index contributed by atoms with van der Waals surface area (Å²) in [5, 5.41) is 3.45. The second kappa shape index (κ2) is 10.1. The summed E-state index contributed by atoms with van der Waals surface area (Å²) >= 11 is 0. The van der Waals surface area contributed by atoms with Gasteiger partial charge in [-0.05, 0) is 25.2 Å². The monoisotopic (exact) mass is 463 g/mol. The van der Waals surface area contributed by atoms with Crippen molar-refractivity contribution in [1.82, 2.24) is 14.9 Å². The van der Waals surface area contributed by atoms with Crippen LogP contribution in [-0.4, -0.2) is 40.9 Å². The zero-order valence-corrected chi connectivity index (χ0v) is 20.1. The van der Waals surface area contributed by atoms with Crippen LogP contribution in [0, 0.1) is 0 Å². The summed E-state index contributed by atoms with van der Waals surface area (Å²) in [5.41, 5.74) is 3.77. The van der Waals surface area contributed by atoms with Gasteiger partial charge in [0.15, 0.2) is 11.6 Å². The average Bonchev–Trinajstić information content (AvgIpc) is 2.90. The van der Waals surface area contributed by atoms with E-state index in [9.17, 15) is 4.79 Å². The summed E-state index contributed by atoms with van der Waals surface area (Å²) in [6.07, 6.45) is 0.275. The van der Waals surface area contributed by atoms with Gasteiger partial charge in [0.1, 0.15) is 17.2 Å². The lowest BCUT2D eigenvalue weighted by atomic mass is 9.99. The Bertz CT molecular complexity index is 1290. The van der Waals surface area contributed by atoms with Crippen LogP contribution in [0.2, 0.25) is 0 Å². The van der Waals surface area contributed by atoms with E-state index in [1.165, 1.54) is 5.56 Å². The smallest absolute Gasteiger partial charge is 0.173 e. The van der Waals surface area contributed by atoms with Gasteiger partial charge in [-0.15, -0.1) is 0 Å². The van der Waals surface area contributed by atoms with Gasteiger partial charge in [0.05, 0.1) is 6.17 Å². The van der Waals surface area contributed by atoms with Crippen molar-refractivity contribution in [2.24, 2.45) is 0 Å². The van der Waals surface area contributed by atoms with E-state index in [1.807, 2.05) is 80.8 Å². The predicted molar refractivity (Wildman–Crippen MR) is 140 cm³/mol. The molecule has 0 fully saturated rings. The molecule has 6 nitrogen and oxygen atoms in total. The number of benzene rings is 3. The van der Waals surface area contributed by atoms with Crippen LogP contribution in [0.3, 0.4) is 0 Å². The number of nitrogens with one attached hydrogen (secondary N) is 1. The minimum absolute atomic E-state index is 0.0539. The van der Waals surface area contributed by atoms with Crippen molar-refractivity contribution in [1.29, 1.82) is 0 Å². The van der Waals surface area contributed by atoms with Crippen molar-refractivity contribution in [2.45, 2.75) is 25.7 Å². The summed E-state index contributed by atoms with van der Waals surface area (Å²) in [7, 11) is 4.02. The van der Waals surface area contributed by atoms with Crippen molar-refractivity contribution in [3.8, 4) is 11.4 Å². The number of hydrogen-bond acceptors (Lipinski definition) is 6. The molecule has 1 aromatic heterocycles. The Morgan fingerprint density at radius 3 is 2.09 bits per heavy atom. The van der Waals surface area contributed by atoms with Crippen LogP contribution in [0.1, 0.15) is 27.9 Å². The lowest BCUT2D eigenvalue weighted by Crippen LogP contribution is -2.50. The minimum atomic E-state index is -0.101. The average molecular weight is 464 g/mol. The van der Waals surface area contributed by atoms with Gasteiger partial charge in [0.2, 0.25) is 0 Å². The number of anilines is 2. The zero-order valence-electron chi connectivity index (χ0n) is 20.1. The molecule has 3 aromatic carbocycles. The number of aromatic nitrogens is 2. The molecule has 35 heavy (non-hydrogen) atoms. The molecule has 0 bridgehead atoms. The first-order valence-electron chi connectivity index (χ1n) is 11.9. The Balaban J connectivity index is 1.63. The number of hydrogen-bond donors (Lipinski definition) is 1. The Hall–Kier alpha value is -4.03. The van der Waals surface area contributed by atoms with Gasteiger partial charge in [-0.3, -0.25) is 9.69 Å². The van der Waals surface area contributed by atoms with Gasteiger partial charge in [0, 0.05) is 25.1 Å². The molecule has 0 radical (unpaired) electrons. The third-order valence-corrected chi connectivity index (χ3v) is 6.30. The van der Waals surface area contributed by atoms with E-state index in [1.54, 1.807) is 0 Å². The summed E-state index contributed by atoms with van der Waals surface area (Å²) in [5.74, 6) is 1.91. The van der Waals surface area contributed by atoms with Crippen molar-refractivity contribution in [2.75, 3.05) is 24.3 Å². The van der Waals surface area contributed by atoms with E-state index in [-0.39, 0.29) is 11.9 Å². The predicted octanol–water partition coefficient (Wildman–Crippen LogP) is 5.24. The minimum Gasteiger partial charge on any atom is -0.365 e. The second-order valence-electron chi connectivity index (χ2n) is 8.98. The summed E-state index contributed by atoms with van der Waals surface area (Å²) in [4.78, 5) is 27.7. The molecule has 6 heteroatoms. The topological polar surface area (TPSA) is 61.4 Å². The van der Waals surface area contributed by atoms with E-state index in [2.05, 4.69) is 39.4 Å². The molecule has 4 aromatic rings. The number of fused-ring (bicyclic) bond motifs is 1. The van der Waals surface area contributed by atoms with Crippen LogP contribution in [0.25, 0.3) is 11.4 Å². The highest BCUT2D eigenvalue weighted by molar-refractivity contribution is 6.07. The number of Topliss-reactive ketones (excluding diaryl/α,β-unsaturated/α-hetero) is 1. The number of carbonyl (C=O) groups is 1. The lowest BCUT2D eigenvalue weighted by molar-refractivity contribution is 0.0927. The molecule has 176 valence electrons. The van der Waals surface area contributed by atoms with Gasteiger partial charge in [-0.25, -0.2) is 9.97 Å². The maximum absolute atomic E-state index is 13.5. The molecule has 0 saturated heterocycles. The molecule has 1 N–H and O–H groups in total. The third-order valence-electron chi connectivity index (χ3n) is 6.30. The molecule has 0 spiro atoms.